The van der Waals surface area contributed by atoms with Crippen LogP contribution in [0.3, 0.4) is 0 Å². The number of aromatic nitrogens is 1. The Morgan fingerprint density at radius 1 is 1.30 bits per heavy atom. The van der Waals surface area contributed by atoms with Crippen LogP contribution in [0.25, 0.3) is 10.1 Å². The summed E-state index contributed by atoms with van der Waals surface area (Å²) in [4.78, 5) is 1.98. The molecule has 0 N–H and O–H groups in total. The Bertz CT molecular complexity index is 691. The van der Waals surface area contributed by atoms with Crippen molar-refractivity contribution in [2.45, 2.75) is 43.7 Å². The van der Waals surface area contributed by atoms with Gasteiger partial charge in [-0.3, -0.25) is 0 Å². The summed E-state index contributed by atoms with van der Waals surface area (Å²) >= 11 is 1.38. The second-order valence-corrected chi connectivity index (χ2v) is 6.57. The highest BCUT2D eigenvalue weighted by atomic mass is 32.1. The monoisotopic (exact) mass is 287 g/mol. The summed E-state index contributed by atoms with van der Waals surface area (Å²) < 4.78 is 18.8. The number of halogens is 1. The fraction of sp³-hybridized carbons (Fsp3) is 0.467. The average Bonchev–Trinajstić information content (AvgIpc) is 2.96. The third-order valence-corrected chi connectivity index (χ3v) is 5.52. The molecule has 1 aromatic carbocycles. The fourth-order valence-corrected chi connectivity index (χ4v) is 4.67. The molecule has 2 fully saturated rings. The van der Waals surface area contributed by atoms with Crippen LogP contribution in [0.4, 0.5) is 4.39 Å². The van der Waals surface area contributed by atoms with Crippen LogP contribution in [0.1, 0.15) is 37.3 Å². The topological polar surface area (TPSA) is 39.9 Å². The normalized spacial score (nSPS) is 28.8. The van der Waals surface area contributed by atoms with E-state index in [1.165, 1.54) is 17.6 Å². The third-order valence-electron chi connectivity index (χ3n) is 4.70. The Morgan fingerprint density at radius 2 is 2.05 bits per heavy atom. The molecule has 20 heavy (non-hydrogen) atoms. The van der Waals surface area contributed by atoms with Gasteiger partial charge in [-0.1, -0.05) is 0 Å². The van der Waals surface area contributed by atoms with Gasteiger partial charge < -0.3 is 4.90 Å². The van der Waals surface area contributed by atoms with Crippen LogP contribution in [-0.2, 0) is 0 Å². The molecule has 2 atom stereocenters. The molecule has 3 nitrogen and oxygen atoms in total. The van der Waals surface area contributed by atoms with Gasteiger partial charge in [0.15, 0.2) is 6.19 Å². The summed E-state index contributed by atoms with van der Waals surface area (Å²) in [5, 5.41) is 10.3. The van der Waals surface area contributed by atoms with E-state index in [0.717, 1.165) is 41.5 Å². The van der Waals surface area contributed by atoms with Crippen molar-refractivity contribution >= 4 is 21.6 Å². The van der Waals surface area contributed by atoms with Gasteiger partial charge >= 0.3 is 0 Å². The highest BCUT2D eigenvalue weighted by Gasteiger charge is 2.41. The molecule has 4 rings (SSSR count). The summed E-state index contributed by atoms with van der Waals surface area (Å²) in [6.45, 7) is 0. The van der Waals surface area contributed by atoms with Crippen molar-refractivity contribution in [3.63, 3.8) is 0 Å². The Kier molecular flexibility index (Phi) is 2.67. The van der Waals surface area contributed by atoms with E-state index in [0.29, 0.717) is 18.0 Å². The smallest absolute Gasteiger partial charge is 0.179 e. The molecule has 3 heterocycles. The van der Waals surface area contributed by atoms with Crippen LogP contribution in [0.5, 0.6) is 0 Å². The van der Waals surface area contributed by atoms with Crippen LogP contribution in [0, 0.1) is 17.3 Å². The summed E-state index contributed by atoms with van der Waals surface area (Å²) in [5.74, 6) is 0.211. The van der Waals surface area contributed by atoms with E-state index < -0.39 is 0 Å². The maximum absolute atomic E-state index is 13.3. The zero-order chi connectivity index (χ0) is 13.7. The van der Waals surface area contributed by atoms with E-state index in [-0.39, 0.29) is 5.82 Å². The molecule has 2 aliphatic heterocycles. The number of hydrogen-bond donors (Lipinski definition) is 0. The van der Waals surface area contributed by atoms with Crippen molar-refractivity contribution in [1.29, 1.82) is 5.26 Å². The van der Waals surface area contributed by atoms with Crippen LogP contribution < -0.4 is 0 Å². The minimum Gasteiger partial charge on any atom is -0.304 e. The van der Waals surface area contributed by atoms with Crippen LogP contribution in [-0.4, -0.2) is 21.4 Å². The van der Waals surface area contributed by atoms with Crippen molar-refractivity contribution in [2.24, 2.45) is 0 Å². The summed E-state index contributed by atoms with van der Waals surface area (Å²) in [6, 6.07) is 5.68. The van der Waals surface area contributed by atoms with Gasteiger partial charge in [-0.05, 0) is 55.4 Å². The molecule has 5 heteroatoms. The molecule has 2 aromatic rings. The Balaban J connectivity index is 1.70. The molecule has 0 spiro atoms. The lowest BCUT2D eigenvalue weighted by molar-refractivity contribution is 0.197. The molecule has 0 amide bonds. The third kappa shape index (κ3) is 1.71. The summed E-state index contributed by atoms with van der Waals surface area (Å²) in [5.41, 5.74) is 1.11. The van der Waals surface area contributed by atoms with Crippen molar-refractivity contribution in [1.82, 2.24) is 9.27 Å². The predicted octanol–water partition coefficient (Wildman–Crippen LogP) is 3.63. The lowest BCUT2D eigenvalue weighted by atomic mass is 9.87. The zero-order valence-corrected chi connectivity index (χ0v) is 11.7. The molecule has 0 aliphatic carbocycles. The first-order valence-electron chi connectivity index (χ1n) is 6.99. The van der Waals surface area contributed by atoms with E-state index in [1.807, 2.05) is 11.0 Å². The van der Waals surface area contributed by atoms with Gasteiger partial charge in [0.1, 0.15) is 5.82 Å². The maximum Gasteiger partial charge on any atom is 0.179 e. The van der Waals surface area contributed by atoms with Crippen LogP contribution >= 0.6 is 11.5 Å². The number of nitriles is 1. The molecule has 2 unspecified atom stereocenters. The maximum atomic E-state index is 13.3. The van der Waals surface area contributed by atoms with Gasteiger partial charge in [0.2, 0.25) is 0 Å². The molecule has 1 aromatic heterocycles. The first-order valence-corrected chi connectivity index (χ1v) is 7.76. The van der Waals surface area contributed by atoms with Gasteiger partial charge in [-0.2, -0.15) is 9.64 Å². The van der Waals surface area contributed by atoms with Crippen molar-refractivity contribution in [3.8, 4) is 6.19 Å². The minimum atomic E-state index is -0.202. The highest BCUT2D eigenvalue weighted by molar-refractivity contribution is 7.13. The quantitative estimate of drug-likeness (QED) is 0.752. The number of benzene rings is 1. The van der Waals surface area contributed by atoms with Crippen LogP contribution in [0.15, 0.2) is 18.2 Å². The highest BCUT2D eigenvalue weighted by Crippen LogP contribution is 2.44. The SMILES string of the molecule is N#CN1C2CCC1CC(c1nsc3cc(F)ccc13)C2. The Morgan fingerprint density at radius 3 is 2.75 bits per heavy atom. The van der Waals surface area contributed by atoms with Crippen molar-refractivity contribution in [3.05, 3.63) is 29.7 Å². The first kappa shape index (κ1) is 12.1. The fourth-order valence-electron chi connectivity index (χ4n) is 3.79. The van der Waals surface area contributed by atoms with Crippen LogP contribution in [0.2, 0.25) is 0 Å². The number of piperidine rings is 1. The number of rotatable bonds is 1. The van der Waals surface area contributed by atoms with Crippen molar-refractivity contribution < 1.29 is 4.39 Å². The van der Waals surface area contributed by atoms with Gasteiger partial charge in [-0.25, -0.2) is 4.39 Å². The van der Waals surface area contributed by atoms with E-state index in [2.05, 4.69) is 10.6 Å². The Hall–Kier alpha value is -1.67. The average molecular weight is 287 g/mol. The number of nitrogens with zero attached hydrogens (tertiary/aromatic N) is 3. The van der Waals surface area contributed by atoms with E-state index >= 15 is 0 Å². The second-order valence-electron chi connectivity index (χ2n) is 5.77. The summed E-state index contributed by atoms with van der Waals surface area (Å²) in [7, 11) is 0. The lowest BCUT2D eigenvalue weighted by Gasteiger charge is -2.34. The molecule has 0 radical (unpaired) electrons. The molecule has 2 aliphatic rings. The molecular weight excluding hydrogens is 273 g/mol. The van der Waals surface area contributed by atoms with Gasteiger partial charge in [0, 0.05) is 23.4 Å². The predicted molar refractivity (Wildman–Crippen MR) is 75.8 cm³/mol. The first-order chi connectivity index (χ1) is 9.76. The number of hydrogen-bond acceptors (Lipinski definition) is 4. The van der Waals surface area contributed by atoms with Crippen molar-refractivity contribution in [2.75, 3.05) is 0 Å². The zero-order valence-electron chi connectivity index (χ0n) is 10.9. The molecule has 102 valence electrons. The molecule has 0 saturated carbocycles. The second kappa shape index (κ2) is 4.42. The van der Waals surface area contributed by atoms with Gasteiger partial charge in [0.25, 0.3) is 0 Å². The lowest BCUT2D eigenvalue weighted by Crippen LogP contribution is -2.38. The van der Waals surface area contributed by atoms with Gasteiger partial charge in [0.05, 0.1) is 10.4 Å². The molecular formula is C15H14FN3S. The number of fused-ring (bicyclic) bond motifs is 3. The largest absolute Gasteiger partial charge is 0.304 e. The standard InChI is InChI=1S/C15H14FN3S/c16-10-1-4-13-14(7-10)20-18-15(13)9-5-11-2-3-12(6-9)19(11)8-17/h1,4,7,9,11-12H,2-3,5-6H2. The molecule has 2 saturated heterocycles. The molecule has 2 bridgehead atoms. The van der Waals surface area contributed by atoms with E-state index in [4.69, 9.17) is 0 Å². The Labute approximate surface area is 120 Å². The summed E-state index contributed by atoms with van der Waals surface area (Å²) in [6.07, 6.45) is 6.58. The van der Waals surface area contributed by atoms with E-state index in [1.54, 1.807) is 6.07 Å². The van der Waals surface area contributed by atoms with E-state index in [9.17, 15) is 9.65 Å². The minimum absolute atomic E-state index is 0.202. The van der Waals surface area contributed by atoms with Gasteiger partial charge in [-0.15, -0.1) is 0 Å².